The van der Waals surface area contributed by atoms with Gasteiger partial charge in [-0.15, -0.1) is 0 Å². The number of aliphatic hydroxyl groups excluding tert-OH is 1. The summed E-state index contributed by atoms with van der Waals surface area (Å²) in [5.74, 6) is -0.339. The van der Waals surface area contributed by atoms with Crippen molar-refractivity contribution in [2.75, 3.05) is 16.8 Å². The van der Waals surface area contributed by atoms with Gasteiger partial charge >= 0.3 is 6.09 Å². The number of carbonyl (C=O) groups excluding carboxylic acids is 1. The Morgan fingerprint density at radius 1 is 1.34 bits per heavy atom. The van der Waals surface area contributed by atoms with E-state index in [0.717, 1.165) is 21.8 Å². The highest BCUT2D eigenvalue weighted by Crippen LogP contribution is 2.42. The number of fused-ring (bicyclic) bond motifs is 1. The zero-order valence-corrected chi connectivity index (χ0v) is 21.0. The first-order valence-corrected chi connectivity index (χ1v) is 12.6. The Bertz CT molecular complexity index is 1130. The van der Waals surface area contributed by atoms with E-state index in [-0.39, 0.29) is 5.41 Å². The molecule has 2 unspecified atom stereocenters. The van der Waals surface area contributed by atoms with Gasteiger partial charge in [0.15, 0.2) is 11.2 Å². The third-order valence-electron chi connectivity index (χ3n) is 6.37. The van der Waals surface area contributed by atoms with Gasteiger partial charge in [-0.2, -0.15) is 5.10 Å². The van der Waals surface area contributed by atoms with Crippen molar-refractivity contribution in [1.82, 2.24) is 20.1 Å². The van der Waals surface area contributed by atoms with Crippen LogP contribution in [-0.4, -0.2) is 67.2 Å². The van der Waals surface area contributed by atoms with Gasteiger partial charge in [-0.1, -0.05) is 57.1 Å². The highest BCUT2D eigenvalue weighted by molar-refractivity contribution is 7.22. The Kier molecular flexibility index (Phi) is 7.27. The lowest BCUT2D eigenvalue weighted by atomic mass is 9.91. The van der Waals surface area contributed by atoms with Crippen LogP contribution >= 0.6 is 11.3 Å². The molecular formula is C24H32N6O4S. The number of aromatic amines is 1. The number of carbonyl (C=O) groups is 2. The molecule has 0 radical (unpaired) electrons. The summed E-state index contributed by atoms with van der Waals surface area (Å²) in [7, 11) is 0. The predicted molar refractivity (Wildman–Crippen MR) is 136 cm³/mol. The van der Waals surface area contributed by atoms with E-state index >= 15 is 0 Å². The molecule has 1 aliphatic rings. The quantitative estimate of drug-likeness (QED) is 0.347. The lowest BCUT2D eigenvalue weighted by Gasteiger charge is -2.40. The van der Waals surface area contributed by atoms with E-state index in [1.54, 1.807) is 6.07 Å². The molecule has 0 spiro atoms. The molecule has 2 amide bonds. The van der Waals surface area contributed by atoms with Crippen molar-refractivity contribution >= 4 is 44.5 Å². The summed E-state index contributed by atoms with van der Waals surface area (Å²) in [5, 5.41) is 31.2. The highest BCUT2D eigenvalue weighted by Gasteiger charge is 2.47. The van der Waals surface area contributed by atoms with Gasteiger partial charge in [0.1, 0.15) is 12.0 Å². The van der Waals surface area contributed by atoms with Gasteiger partial charge in [0.25, 0.3) is 5.91 Å². The molecule has 1 saturated heterocycles. The second-order valence-electron chi connectivity index (χ2n) is 9.74. The fourth-order valence-electron chi connectivity index (χ4n) is 4.72. The van der Waals surface area contributed by atoms with Gasteiger partial charge in [0.05, 0.1) is 22.5 Å². The number of aliphatic hydroxyl groups is 1. The van der Waals surface area contributed by atoms with Gasteiger partial charge in [-0.05, 0) is 30.4 Å². The van der Waals surface area contributed by atoms with Crippen molar-refractivity contribution in [3.63, 3.8) is 0 Å². The van der Waals surface area contributed by atoms with Crippen LogP contribution in [-0.2, 0) is 4.79 Å². The molecule has 35 heavy (non-hydrogen) atoms. The first-order chi connectivity index (χ1) is 16.7. The second kappa shape index (κ2) is 10.2. The Morgan fingerprint density at radius 2 is 2.11 bits per heavy atom. The van der Waals surface area contributed by atoms with E-state index in [9.17, 15) is 19.8 Å². The number of nitrogens with one attached hydrogen (secondary N) is 2. The monoisotopic (exact) mass is 500 g/mol. The number of rotatable bonds is 9. The van der Waals surface area contributed by atoms with Gasteiger partial charge in [-0.3, -0.25) is 14.8 Å². The Balaban J connectivity index is 1.68. The minimum atomic E-state index is -1.55. The number of H-pyrrole nitrogens is 1. The lowest BCUT2D eigenvalue weighted by molar-refractivity contribution is -0.127. The highest BCUT2D eigenvalue weighted by atomic mass is 32.1. The molecule has 4 N–H and O–H groups in total. The van der Waals surface area contributed by atoms with E-state index < -0.39 is 30.3 Å². The van der Waals surface area contributed by atoms with E-state index in [0.29, 0.717) is 31.6 Å². The van der Waals surface area contributed by atoms with Crippen LogP contribution in [0.15, 0.2) is 36.5 Å². The summed E-state index contributed by atoms with van der Waals surface area (Å²) < 4.78 is 1.02. The van der Waals surface area contributed by atoms with Crippen molar-refractivity contribution in [2.24, 2.45) is 5.41 Å². The molecule has 10 nitrogen and oxygen atoms in total. The normalized spacial score (nSPS) is 19.0. The van der Waals surface area contributed by atoms with Crippen LogP contribution in [0.1, 0.15) is 46.5 Å². The lowest BCUT2D eigenvalue weighted by Crippen LogP contribution is -2.58. The van der Waals surface area contributed by atoms with E-state index in [4.69, 9.17) is 4.98 Å². The van der Waals surface area contributed by atoms with E-state index in [1.165, 1.54) is 22.4 Å². The molecule has 3 heterocycles. The maximum Gasteiger partial charge on any atom is 0.409 e. The predicted octanol–water partition coefficient (Wildman–Crippen LogP) is 4.12. The number of benzene rings is 1. The number of para-hydroxylation sites is 1. The molecule has 1 fully saturated rings. The molecule has 3 aromatic rings. The number of amides is 2. The maximum absolute atomic E-state index is 12.9. The van der Waals surface area contributed by atoms with Crippen LogP contribution in [0.3, 0.4) is 0 Å². The summed E-state index contributed by atoms with van der Waals surface area (Å²) in [6, 6.07) is 8.45. The molecule has 1 aliphatic heterocycles. The number of carboxylic acid groups (broad SMARTS) is 1. The largest absolute Gasteiger partial charge is 0.465 e. The minimum Gasteiger partial charge on any atom is -0.465 e. The van der Waals surface area contributed by atoms with Gasteiger partial charge in [0.2, 0.25) is 0 Å². The van der Waals surface area contributed by atoms with Gasteiger partial charge < -0.3 is 20.4 Å². The van der Waals surface area contributed by atoms with Gasteiger partial charge in [-0.25, -0.2) is 9.78 Å². The van der Waals surface area contributed by atoms with Crippen molar-refractivity contribution in [3.8, 4) is 0 Å². The molecule has 4 rings (SSSR count). The topological polar surface area (TPSA) is 135 Å². The second-order valence-corrected chi connectivity index (χ2v) is 10.8. The number of anilines is 2. The molecule has 1 aromatic carbocycles. The van der Waals surface area contributed by atoms with Crippen LogP contribution in [0.5, 0.6) is 0 Å². The molecule has 188 valence electrons. The average Bonchev–Trinajstić information content (AvgIpc) is 3.54. The average molecular weight is 501 g/mol. The third kappa shape index (κ3) is 5.40. The van der Waals surface area contributed by atoms with Crippen LogP contribution < -0.4 is 10.2 Å². The summed E-state index contributed by atoms with van der Waals surface area (Å²) in [4.78, 5) is 33.7. The number of nitrogens with zero attached hydrogens (tertiary/aromatic N) is 4. The first kappa shape index (κ1) is 24.9. The first-order valence-electron chi connectivity index (χ1n) is 11.8. The molecule has 11 heteroatoms. The summed E-state index contributed by atoms with van der Waals surface area (Å²) in [6.45, 7) is 6.79. The van der Waals surface area contributed by atoms with Crippen LogP contribution in [0.2, 0.25) is 0 Å². The molecule has 0 bridgehead atoms. The number of aromatic nitrogens is 3. The van der Waals surface area contributed by atoms with Crippen molar-refractivity contribution in [3.05, 3.63) is 36.5 Å². The fourth-order valence-corrected chi connectivity index (χ4v) is 5.73. The summed E-state index contributed by atoms with van der Waals surface area (Å²) in [6.07, 6.45) is 0.556. The van der Waals surface area contributed by atoms with Crippen molar-refractivity contribution in [2.45, 2.75) is 64.8 Å². The van der Waals surface area contributed by atoms with E-state index in [2.05, 4.69) is 29.4 Å². The van der Waals surface area contributed by atoms with Crippen LogP contribution in [0.25, 0.3) is 10.2 Å². The maximum atomic E-state index is 12.9. The number of thiazole rings is 1. The molecular weight excluding hydrogens is 468 g/mol. The number of hydrogen-bond acceptors (Lipinski definition) is 7. The Morgan fingerprint density at radius 3 is 2.77 bits per heavy atom. The number of hydrogen-bond donors (Lipinski definition) is 4. The molecule has 0 saturated carbocycles. The van der Waals surface area contributed by atoms with Crippen LogP contribution in [0, 0.1) is 5.41 Å². The Labute approximate surface area is 208 Å². The van der Waals surface area contributed by atoms with Gasteiger partial charge in [0, 0.05) is 12.6 Å². The van der Waals surface area contributed by atoms with Crippen molar-refractivity contribution in [1.29, 1.82) is 0 Å². The minimum absolute atomic E-state index is 0.186. The molecule has 0 aliphatic carbocycles. The Hall–Kier alpha value is -3.18. The summed E-state index contributed by atoms with van der Waals surface area (Å²) >= 11 is 1.52. The smallest absolute Gasteiger partial charge is 0.409 e. The summed E-state index contributed by atoms with van der Waals surface area (Å²) in [5.41, 5.74) is 0.675. The third-order valence-corrected chi connectivity index (χ3v) is 7.44. The van der Waals surface area contributed by atoms with E-state index in [1.807, 2.05) is 36.1 Å². The zero-order valence-electron chi connectivity index (χ0n) is 20.1. The van der Waals surface area contributed by atoms with Crippen molar-refractivity contribution < 1.29 is 19.8 Å². The SMILES string of the molecule is CCCC[C@@H](C(O)C(=O)Nc1ccn[nH]1)N(C(=O)O)C1CC(C)(C)CN1c1nc2ccccc2s1. The molecule has 2 aromatic heterocycles. The fraction of sp³-hybridized carbons (Fsp3) is 0.500. The molecule has 3 atom stereocenters. The standard InChI is InChI=1S/C24H32N6O4S/c1-4-5-9-16(20(31)21(32)27-18-11-12-25-28-18)30(23(33)34)19-13-24(2,3)14-29(19)22-26-15-8-6-7-10-17(15)35-22/h6-8,10-12,16,19-20,31H,4-5,9,13-14H2,1-3H3,(H,33,34)(H2,25,27,28,32)/t16-,19?,20?/m0/s1. The van der Waals surface area contributed by atoms with Crippen LogP contribution in [0.4, 0.5) is 15.7 Å². The zero-order chi connectivity index (χ0) is 25.2. The number of unbranched alkanes of at least 4 members (excludes halogenated alkanes) is 1.